The molecule has 6 nitrogen and oxygen atoms in total. The number of hydrogen-bond donors (Lipinski definition) is 3. The third kappa shape index (κ3) is 4.50. The van der Waals surface area contributed by atoms with Gasteiger partial charge in [0, 0.05) is 24.1 Å². The fraction of sp³-hybridized carbons (Fsp3) is 0.462. The van der Waals surface area contributed by atoms with Gasteiger partial charge in [-0.2, -0.15) is 0 Å². The van der Waals surface area contributed by atoms with Gasteiger partial charge in [-0.3, -0.25) is 4.79 Å². The topological polar surface area (TPSA) is 109 Å². The largest absolute Gasteiger partial charge is 0.399 e. The van der Waals surface area contributed by atoms with Crippen molar-refractivity contribution in [2.45, 2.75) is 30.8 Å². The third-order valence-corrected chi connectivity index (χ3v) is 4.10. The summed E-state index contributed by atoms with van der Waals surface area (Å²) in [5, 5.41) is 12.4. The van der Waals surface area contributed by atoms with Crippen LogP contribution in [0.3, 0.4) is 0 Å². The Morgan fingerprint density at radius 1 is 1.40 bits per heavy atom. The van der Waals surface area contributed by atoms with Gasteiger partial charge < -0.3 is 16.2 Å². The minimum atomic E-state index is -3.44. The van der Waals surface area contributed by atoms with Gasteiger partial charge in [-0.05, 0) is 31.5 Å². The summed E-state index contributed by atoms with van der Waals surface area (Å²) in [6, 6.07) is 3.96. The second kappa shape index (κ2) is 5.80. The number of carbonyl (C=O) groups is 1. The van der Waals surface area contributed by atoms with Crippen LogP contribution in [0, 0.1) is 0 Å². The van der Waals surface area contributed by atoms with Crippen molar-refractivity contribution >= 4 is 21.4 Å². The Morgan fingerprint density at radius 3 is 2.50 bits per heavy atom. The lowest BCUT2D eigenvalue weighted by molar-refractivity contribution is 0.0518. The molecule has 0 bridgehead atoms. The quantitative estimate of drug-likeness (QED) is 0.688. The van der Waals surface area contributed by atoms with Crippen molar-refractivity contribution in [3.63, 3.8) is 0 Å². The first-order chi connectivity index (χ1) is 9.05. The second-order valence-electron chi connectivity index (χ2n) is 5.10. The van der Waals surface area contributed by atoms with Crippen LogP contribution in [0.25, 0.3) is 0 Å². The number of nitrogens with one attached hydrogen (secondary N) is 1. The normalized spacial score (nSPS) is 14.6. The van der Waals surface area contributed by atoms with Crippen molar-refractivity contribution in [3.05, 3.63) is 23.8 Å². The van der Waals surface area contributed by atoms with Gasteiger partial charge in [0.1, 0.15) is 0 Å². The molecule has 1 rings (SSSR count). The maximum Gasteiger partial charge on any atom is 0.251 e. The fourth-order valence-corrected chi connectivity index (χ4v) is 2.16. The first kappa shape index (κ1) is 16.5. The summed E-state index contributed by atoms with van der Waals surface area (Å²) in [5.41, 5.74) is 4.95. The molecule has 0 aliphatic heterocycles. The predicted molar refractivity (Wildman–Crippen MR) is 77.2 cm³/mol. The molecule has 0 radical (unpaired) electrons. The molecule has 0 saturated heterocycles. The Hall–Kier alpha value is -1.60. The molecule has 0 aromatic heterocycles. The number of sulfone groups is 1. The maximum atomic E-state index is 12.0. The van der Waals surface area contributed by atoms with E-state index in [-0.39, 0.29) is 22.7 Å². The smallest absolute Gasteiger partial charge is 0.251 e. The Morgan fingerprint density at radius 2 is 2.00 bits per heavy atom. The molecule has 1 aromatic carbocycles. The Labute approximate surface area is 118 Å². The van der Waals surface area contributed by atoms with E-state index in [1.54, 1.807) is 13.8 Å². The van der Waals surface area contributed by atoms with Gasteiger partial charge in [-0.25, -0.2) is 8.42 Å². The lowest BCUT2D eigenvalue weighted by atomic mass is 10.0. The summed E-state index contributed by atoms with van der Waals surface area (Å²) >= 11 is 0. The van der Waals surface area contributed by atoms with Crippen LogP contribution >= 0.6 is 0 Å². The Balaban J connectivity index is 2.97. The first-order valence-electron chi connectivity index (χ1n) is 6.16. The van der Waals surface area contributed by atoms with Crippen LogP contribution in [0.2, 0.25) is 0 Å². The molecule has 1 amide bonds. The number of benzene rings is 1. The molecule has 20 heavy (non-hydrogen) atoms. The van der Waals surface area contributed by atoms with E-state index >= 15 is 0 Å². The number of rotatable bonds is 5. The Kier molecular flexibility index (Phi) is 4.77. The molecular formula is C13H20N2O4S. The molecule has 0 aliphatic carbocycles. The number of carbonyl (C=O) groups excluding carboxylic acids is 1. The summed E-state index contributed by atoms with van der Waals surface area (Å²) in [4.78, 5) is 12.0. The number of nitrogens with two attached hydrogens (primary N) is 1. The van der Waals surface area contributed by atoms with Crippen LogP contribution in [0.15, 0.2) is 23.1 Å². The van der Waals surface area contributed by atoms with E-state index in [1.807, 2.05) is 0 Å². The molecule has 4 N–H and O–H groups in total. The molecule has 112 valence electrons. The zero-order valence-corrected chi connectivity index (χ0v) is 12.6. The monoisotopic (exact) mass is 300 g/mol. The first-order valence-corrected chi connectivity index (χ1v) is 8.05. The average Bonchev–Trinajstić information content (AvgIpc) is 2.34. The highest BCUT2D eigenvalue weighted by Crippen LogP contribution is 2.17. The predicted octanol–water partition coefficient (Wildman–Crippen LogP) is 0.563. The van der Waals surface area contributed by atoms with E-state index in [9.17, 15) is 18.3 Å². The van der Waals surface area contributed by atoms with Gasteiger partial charge >= 0.3 is 0 Å². The highest BCUT2D eigenvalue weighted by Gasteiger charge is 2.20. The van der Waals surface area contributed by atoms with Gasteiger partial charge in [-0.15, -0.1) is 0 Å². The van der Waals surface area contributed by atoms with Gasteiger partial charge in [-0.1, -0.05) is 6.92 Å². The van der Waals surface area contributed by atoms with E-state index in [2.05, 4.69) is 5.32 Å². The van der Waals surface area contributed by atoms with Crippen LogP contribution in [0.1, 0.15) is 30.6 Å². The summed E-state index contributed by atoms with van der Waals surface area (Å²) in [5.74, 6) is -0.476. The van der Waals surface area contributed by atoms with Crippen molar-refractivity contribution in [3.8, 4) is 0 Å². The molecule has 1 aromatic rings. The van der Waals surface area contributed by atoms with Crippen molar-refractivity contribution in [2.75, 3.05) is 18.5 Å². The molecule has 1 atom stereocenters. The number of amides is 1. The molecule has 1 unspecified atom stereocenters. The lowest BCUT2D eigenvalue weighted by Crippen LogP contribution is -2.40. The van der Waals surface area contributed by atoms with E-state index < -0.39 is 21.3 Å². The summed E-state index contributed by atoms with van der Waals surface area (Å²) in [7, 11) is -3.44. The van der Waals surface area contributed by atoms with Crippen molar-refractivity contribution in [1.29, 1.82) is 0 Å². The van der Waals surface area contributed by atoms with Crippen LogP contribution in [-0.2, 0) is 9.84 Å². The molecule has 0 saturated carbocycles. The van der Waals surface area contributed by atoms with Crippen molar-refractivity contribution in [1.82, 2.24) is 5.32 Å². The van der Waals surface area contributed by atoms with Gasteiger partial charge in [0.05, 0.1) is 10.5 Å². The van der Waals surface area contributed by atoms with E-state index in [0.29, 0.717) is 6.42 Å². The zero-order valence-electron chi connectivity index (χ0n) is 11.8. The minimum absolute atomic E-state index is 0.00935. The molecule has 0 aliphatic rings. The zero-order chi connectivity index (χ0) is 15.6. The summed E-state index contributed by atoms with van der Waals surface area (Å²) < 4.78 is 23.0. The number of nitrogen functional groups attached to an aromatic ring is 1. The van der Waals surface area contributed by atoms with E-state index in [4.69, 9.17) is 5.73 Å². The molecule has 7 heteroatoms. The Bertz CT molecular complexity index is 609. The van der Waals surface area contributed by atoms with Gasteiger partial charge in [0.25, 0.3) is 5.91 Å². The number of hydrogen-bond acceptors (Lipinski definition) is 5. The highest BCUT2D eigenvalue weighted by atomic mass is 32.2. The number of anilines is 1. The highest BCUT2D eigenvalue weighted by molar-refractivity contribution is 7.90. The summed E-state index contributed by atoms with van der Waals surface area (Å²) in [6.45, 7) is 3.48. The van der Waals surface area contributed by atoms with Crippen LogP contribution in [0.5, 0.6) is 0 Å². The van der Waals surface area contributed by atoms with Gasteiger partial charge in [0.2, 0.25) is 0 Å². The molecule has 0 spiro atoms. The minimum Gasteiger partial charge on any atom is -0.399 e. The standard InChI is InChI=1S/C13H20N2O4S/c1-4-13(2,17)8-15-12(16)9-5-10(14)7-11(6-9)20(3,18)19/h5-7,17H,4,8,14H2,1-3H3,(H,15,16). The average molecular weight is 300 g/mol. The summed E-state index contributed by atoms with van der Waals surface area (Å²) in [6.07, 6.45) is 1.53. The molecule has 0 fully saturated rings. The fourth-order valence-electron chi connectivity index (χ4n) is 1.47. The van der Waals surface area contributed by atoms with Crippen molar-refractivity contribution in [2.24, 2.45) is 0 Å². The third-order valence-electron chi connectivity index (χ3n) is 3.01. The van der Waals surface area contributed by atoms with E-state index in [1.165, 1.54) is 18.2 Å². The van der Waals surface area contributed by atoms with Crippen LogP contribution in [-0.4, -0.2) is 37.8 Å². The number of aliphatic hydroxyl groups is 1. The molecule has 0 heterocycles. The van der Waals surface area contributed by atoms with Crippen LogP contribution in [0.4, 0.5) is 5.69 Å². The van der Waals surface area contributed by atoms with E-state index in [0.717, 1.165) is 6.26 Å². The van der Waals surface area contributed by atoms with Crippen LogP contribution < -0.4 is 11.1 Å². The van der Waals surface area contributed by atoms with Gasteiger partial charge in [0.15, 0.2) is 9.84 Å². The molecular weight excluding hydrogens is 280 g/mol. The lowest BCUT2D eigenvalue weighted by Gasteiger charge is -2.21. The second-order valence-corrected chi connectivity index (χ2v) is 7.11. The van der Waals surface area contributed by atoms with Crippen molar-refractivity contribution < 1.29 is 18.3 Å². The SMILES string of the molecule is CCC(C)(O)CNC(=O)c1cc(N)cc(S(C)(=O)=O)c1. The maximum absolute atomic E-state index is 12.0.